The minimum atomic E-state index is 0.829. The predicted octanol–water partition coefficient (Wildman–Crippen LogP) is 1.35. The molecule has 0 radical (unpaired) electrons. The molecule has 1 aromatic rings. The Morgan fingerprint density at radius 2 is 1.29 bits per heavy atom. The zero-order chi connectivity index (χ0) is 4.95. The molecule has 7 heteroatoms. The van der Waals surface area contributed by atoms with Crippen LogP contribution in [0.25, 0.3) is 0 Å². The minimum absolute atomic E-state index is 0.829. The monoisotopic (exact) mass is 368 g/mol. The zero-order valence-electron chi connectivity index (χ0n) is 2.86. The van der Waals surface area contributed by atoms with Gasteiger partial charge in [0.15, 0.2) is 0 Å². The SMILES string of the molecule is s1s[se][se]ss[se]1. The van der Waals surface area contributed by atoms with Crippen molar-refractivity contribution in [3.63, 3.8) is 0 Å². The van der Waals surface area contributed by atoms with E-state index in [1.807, 2.05) is 0 Å². The third-order valence-electron chi connectivity index (χ3n) is 0.194. The molecular weight excluding hydrogens is 365 g/mol. The summed E-state index contributed by atoms with van der Waals surface area (Å²) in [5, 5.41) is 0. The van der Waals surface area contributed by atoms with Gasteiger partial charge in [0.05, 0.1) is 0 Å². The number of hydrogen-bond acceptors (Lipinski definition) is 4. The first kappa shape index (κ1) is 7.54. The van der Waals surface area contributed by atoms with E-state index in [9.17, 15) is 0 Å². The molecule has 0 N–H and O–H groups in total. The fraction of sp³-hybridized carbons (Fsp3) is 0. The Morgan fingerprint density at radius 3 is 1.86 bits per heavy atom. The van der Waals surface area contributed by atoms with Crippen molar-refractivity contribution in [2.75, 3.05) is 0 Å². The first-order valence-electron chi connectivity index (χ1n) is 1.17. The first-order valence-corrected chi connectivity index (χ1v) is 17.9. The van der Waals surface area contributed by atoms with E-state index in [2.05, 4.69) is 34.9 Å². The summed E-state index contributed by atoms with van der Waals surface area (Å²) in [4.78, 5) is 0. The molecule has 1 rings (SSSR count). The molecule has 0 aliphatic rings. The second kappa shape index (κ2) is 5.24. The van der Waals surface area contributed by atoms with Crippen LogP contribution in [0.4, 0.5) is 0 Å². The van der Waals surface area contributed by atoms with Crippen LogP contribution >= 0.6 is 34.9 Å². The van der Waals surface area contributed by atoms with Crippen molar-refractivity contribution in [3.8, 4) is 0 Å². The topological polar surface area (TPSA) is 0 Å². The predicted molar refractivity (Wildman–Crippen MR) is 44.0 cm³/mol. The molecule has 0 aliphatic carbocycles. The Bertz CT molecular complexity index is 94.9. The zero-order valence-corrected chi connectivity index (χ0v) is 11.3. The van der Waals surface area contributed by atoms with Crippen molar-refractivity contribution in [1.82, 2.24) is 0 Å². The summed E-state index contributed by atoms with van der Waals surface area (Å²) >= 11 is 2.70. The molecule has 0 saturated heterocycles. The molecule has 0 bridgehead atoms. The van der Waals surface area contributed by atoms with Gasteiger partial charge in [-0.2, -0.15) is 0 Å². The van der Waals surface area contributed by atoms with Gasteiger partial charge in [-0.3, -0.25) is 0 Å². The number of rotatable bonds is 0. The summed E-state index contributed by atoms with van der Waals surface area (Å²) in [7, 11) is 8.38. The Labute approximate surface area is 68.8 Å². The molecule has 0 atom stereocenters. The molecule has 0 saturated carbocycles. The van der Waals surface area contributed by atoms with Crippen LogP contribution in [0.3, 0.4) is 0 Å². The van der Waals surface area contributed by atoms with Crippen LogP contribution in [-0.2, 0) is 0 Å². The van der Waals surface area contributed by atoms with Gasteiger partial charge in [-0.15, -0.1) is 0 Å². The Kier molecular flexibility index (Phi) is 5.65. The Hall–Kier alpha value is 2.44. The molecule has 0 aromatic carbocycles. The van der Waals surface area contributed by atoms with Gasteiger partial charge < -0.3 is 0 Å². The van der Waals surface area contributed by atoms with E-state index in [4.69, 9.17) is 0 Å². The maximum absolute atomic E-state index is 2.11. The second-order valence-electron chi connectivity index (χ2n) is 0.476. The summed E-state index contributed by atoms with van der Waals surface area (Å²) in [6.07, 6.45) is 0. The Morgan fingerprint density at radius 1 is 0.714 bits per heavy atom. The summed E-state index contributed by atoms with van der Waals surface area (Å²) in [5.74, 6) is 0. The van der Waals surface area contributed by atoms with E-state index < -0.39 is 0 Å². The van der Waals surface area contributed by atoms with Gasteiger partial charge in [-0.1, -0.05) is 0 Å². The molecule has 0 amide bonds. The van der Waals surface area contributed by atoms with E-state index in [1.54, 1.807) is 0 Å². The third kappa shape index (κ3) is 3.93. The van der Waals surface area contributed by atoms with Gasteiger partial charge in [0, 0.05) is 0 Å². The van der Waals surface area contributed by atoms with Gasteiger partial charge in [-0.25, -0.2) is 0 Å². The van der Waals surface area contributed by atoms with Crippen LogP contribution in [-0.4, -0.2) is 35.2 Å². The van der Waals surface area contributed by atoms with Crippen molar-refractivity contribution < 1.29 is 0 Å². The third-order valence-corrected chi connectivity index (χ3v) is 41.5. The molecule has 0 aliphatic heterocycles. The van der Waals surface area contributed by atoms with Gasteiger partial charge in [0.2, 0.25) is 0 Å². The van der Waals surface area contributed by atoms with Gasteiger partial charge >= 0.3 is 70.0 Å². The van der Waals surface area contributed by atoms with Gasteiger partial charge in [0.1, 0.15) is 0 Å². The van der Waals surface area contributed by atoms with Crippen LogP contribution in [0.15, 0.2) is 0 Å². The normalized spacial score (nSPS) is 8.00. The van der Waals surface area contributed by atoms with Crippen LogP contribution < -0.4 is 0 Å². The van der Waals surface area contributed by atoms with Crippen LogP contribution in [0.1, 0.15) is 0 Å². The van der Waals surface area contributed by atoms with E-state index in [1.165, 1.54) is 0 Å². The molecule has 0 unspecified atom stereocenters. The molecule has 1 aromatic heterocycles. The second-order valence-corrected chi connectivity index (χ2v) is 26.9. The number of hydrogen-bond donors (Lipinski definition) is 0. The van der Waals surface area contributed by atoms with Gasteiger partial charge in [-0.05, 0) is 0 Å². The average Bonchev–Trinajstić information content (AvgIpc) is 1.90. The molecule has 0 nitrogen and oxygen atoms in total. The summed E-state index contributed by atoms with van der Waals surface area (Å²) in [6.45, 7) is 0. The fourth-order valence-electron chi connectivity index (χ4n) is 0.0794. The van der Waals surface area contributed by atoms with Crippen LogP contribution in [0, 0.1) is 0 Å². The van der Waals surface area contributed by atoms with Gasteiger partial charge in [0.25, 0.3) is 0 Å². The molecule has 0 spiro atoms. The summed E-state index contributed by atoms with van der Waals surface area (Å²) in [5.41, 5.74) is 0. The van der Waals surface area contributed by atoms with E-state index in [0.29, 0.717) is 0 Å². The van der Waals surface area contributed by atoms with E-state index in [-0.39, 0.29) is 0 Å². The summed E-state index contributed by atoms with van der Waals surface area (Å²) in [6, 6.07) is 0. The van der Waals surface area contributed by atoms with E-state index >= 15 is 0 Å². The van der Waals surface area contributed by atoms with Crippen molar-refractivity contribution >= 4 is 70.0 Å². The van der Waals surface area contributed by atoms with Crippen LogP contribution in [0.5, 0.6) is 0 Å². The first-order chi connectivity index (χ1) is 3.50. The fourth-order valence-corrected chi connectivity index (χ4v) is 66.5. The molecule has 42 valence electrons. The molecule has 0 fully saturated rings. The van der Waals surface area contributed by atoms with Crippen molar-refractivity contribution in [2.24, 2.45) is 0 Å². The Balaban J connectivity index is 3.06. The van der Waals surface area contributed by atoms with Crippen LogP contribution in [0.2, 0.25) is 0 Å². The van der Waals surface area contributed by atoms with Crippen molar-refractivity contribution in [3.05, 3.63) is 0 Å². The van der Waals surface area contributed by atoms with E-state index in [0.717, 1.165) is 35.2 Å². The maximum atomic E-state index is 2.11. The van der Waals surface area contributed by atoms with Crippen molar-refractivity contribution in [1.29, 1.82) is 0 Å². The quantitative estimate of drug-likeness (QED) is 0.481. The molecule has 7 heavy (non-hydrogen) atoms. The molecule has 1 heterocycles. The molecular formula is S4Se3. The summed E-state index contributed by atoms with van der Waals surface area (Å²) < 4.78 is 0. The standard InChI is InChI=1S/S4Se3/c1-3-6-7-4-2-5-1. The average molecular weight is 365 g/mol. The van der Waals surface area contributed by atoms with Crippen molar-refractivity contribution in [2.45, 2.75) is 0 Å².